The van der Waals surface area contributed by atoms with Crippen molar-refractivity contribution in [2.24, 2.45) is 5.10 Å². The maximum Gasteiger partial charge on any atom is 0.433 e. The Balaban J connectivity index is 1.54. The van der Waals surface area contributed by atoms with Crippen LogP contribution in [0.25, 0.3) is 6.08 Å². The lowest BCUT2D eigenvalue weighted by atomic mass is 10.1. The number of rotatable bonds is 7. The average Bonchev–Trinajstić information content (AvgIpc) is 3.48. The number of nitro groups is 1. The van der Waals surface area contributed by atoms with Crippen LogP contribution >= 0.6 is 0 Å². The van der Waals surface area contributed by atoms with Gasteiger partial charge < -0.3 is 19.2 Å². The topological polar surface area (TPSA) is 145 Å². The lowest BCUT2D eigenvalue weighted by molar-refractivity contribution is -0.402. The van der Waals surface area contributed by atoms with Crippen LogP contribution in [-0.2, 0) is 4.79 Å². The van der Waals surface area contributed by atoms with E-state index >= 15 is 0 Å². The van der Waals surface area contributed by atoms with Crippen molar-refractivity contribution in [2.45, 2.75) is 0 Å². The Morgan fingerprint density at radius 3 is 2.58 bits per heavy atom. The third-order valence-corrected chi connectivity index (χ3v) is 4.39. The van der Waals surface area contributed by atoms with Crippen LogP contribution in [0, 0.1) is 10.1 Å². The first-order chi connectivity index (χ1) is 16.0. The van der Waals surface area contributed by atoms with Crippen molar-refractivity contribution in [2.75, 3.05) is 6.79 Å². The van der Waals surface area contributed by atoms with E-state index in [9.17, 15) is 19.7 Å². The van der Waals surface area contributed by atoms with E-state index in [1.54, 1.807) is 48.5 Å². The van der Waals surface area contributed by atoms with E-state index in [-0.39, 0.29) is 18.3 Å². The molecule has 11 heteroatoms. The number of carbonyl (C=O) groups excluding carboxylic acids is 2. The number of nitrogens with zero attached hydrogens (tertiary/aromatic N) is 2. The maximum atomic E-state index is 12.7. The Bertz CT molecular complexity index is 1260. The van der Waals surface area contributed by atoms with Gasteiger partial charge in [0.05, 0.1) is 12.3 Å². The lowest BCUT2D eigenvalue weighted by Gasteiger charge is -2.09. The van der Waals surface area contributed by atoms with Crippen LogP contribution in [-0.4, -0.2) is 29.7 Å². The number of furan rings is 1. The second kappa shape index (κ2) is 9.47. The van der Waals surface area contributed by atoms with Crippen LogP contribution in [0.2, 0.25) is 0 Å². The van der Waals surface area contributed by atoms with Crippen LogP contribution < -0.4 is 20.2 Å². The summed E-state index contributed by atoms with van der Waals surface area (Å²) in [5.41, 5.74) is 3.10. The Labute approximate surface area is 186 Å². The smallest absolute Gasteiger partial charge is 0.433 e. The molecule has 0 unspecified atom stereocenters. The monoisotopic (exact) mass is 448 g/mol. The van der Waals surface area contributed by atoms with Crippen molar-refractivity contribution in [1.29, 1.82) is 0 Å². The summed E-state index contributed by atoms with van der Waals surface area (Å²) in [5.74, 6) is -0.533. The summed E-state index contributed by atoms with van der Waals surface area (Å²) in [4.78, 5) is 35.3. The molecule has 2 N–H and O–H groups in total. The van der Waals surface area contributed by atoms with E-state index in [0.717, 1.165) is 12.3 Å². The molecule has 0 saturated carbocycles. The third kappa shape index (κ3) is 5.22. The molecule has 0 radical (unpaired) electrons. The number of fused-ring (bicyclic) bond motifs is 1. The molecule has 2 amide bonds. The first-order valence-corrected chi connectivity index (χ1v) is 9.55. The van der Waals surface area contributed by atoms with Gasteiger partial charge in [-0.3, -0.25) is 19.7 Å². The molecule has 0 fully saturated rings. The van der Waals surface area contributed by atoms with Gasteiger partial charge in [-0.05, 0) is 42.0 Å². The summed E-state index contributed by atoms with van der Waals surface area (Å²) in [7, 11) is 0. The first-order valence-electron chi connectivity index (χ1n) is 9.55. The molecule has 11 nitrogen and oxygen atoms in total. The van der Waals surface area contributed by atoms with Crippen molar-refractivity contribution in [3.8, 4) is 11.5 Å². The number of hydrazone groups is 1. The summed E-state index contributed by atoms with van der Waals surface area (Å²) in [6, 6.07) is 15.9. The minimum atomic E-state index is -0.728. The number of nitrogens with one attached hydrogen (secondary N) is 2. The fourth-order valence-corrected chi connectivity index (χ4v) is 2.84. The molecule has 0 spiro atoms. The molecule has 0 bridgehead atoms. The zero-order valence-corrected chi connectivity index (χ0v) is 16.9. The van der Waals surface area contributed by atoms with Gasteiger partial charge in [-0.25, -0.2) is 5.43 Å². The first kappa shape index (κ1) is 21.3. The van der Waals surface area contributed by atoms with Gasteiger partial charge in [-0.15, -0.1) is 0 Å². The molecule has 166 valence electrons. The molecule has 3 aromatic rings. The molecule has 4 rings (SSSR count). The highest BCUT2D eigenvalue weighted by molar-refractivity contribution is 6.05. The van der Waals surface area contributed by atoms with Crippen molar-refractivity contribution in [3.05, 3.63) is 93.4 Å². The minimum absolute atomic E-state index is 0.0663. The highest BCUT2D eigenvalue weighted by Gasteiger charge is 2.17. The van der Waals surface area contributed by atoms with E-state index in [1.165, 1.54) is 12.1 Å². The van der Waals surface area contributed by atoms with Crippen LogP contribution in [0.15, 0.2) is 75.9 Å². The third-order valence-electron chi connectivity index (χ3n) is 4.39. The van der Waals surface area contributed by atoms with E-state index in [0.29, 0.717) is 22.6 Å². The maximum absolute atomic E-state index is 12.7. The molecule has 1 aromatic heterocycles. The SMILES string of the molecule is O=C(NN=Cc1ccc([N+](=O)[O-])o1)C(=Cc1ccc2c(c1)OCO2)NC(=O)c1ccccc1. The van der Waals surface area contributed by atoms with Gasteiger partial charge >= 0.3 is 5.88 Å². The second-order valence-electron chi connectivity index (χ2n) is 6.62. The van der Waals surface area contributed by atoms with Gasteiger partial charge in [0.15, 0.2) is 17.3 Å². The zero-order valence-electron chi connectivity index (χ0n) is 16.9. The molecule has 2 aromatic carbocycles. The number of ether oxygens (including phenoxy) is 2. The summed E-state index contributed by atoms with van der Waals surface area (Å²) < 4.78 is 15.6. The summed E-state index contributed by atoms with van der Waals surface area (Å²) >= 11 is 0. The van der Waals surface area contributed by atoms with Crippen LogP contribution in [0.4, 0.5) is 5.88 Å². The number of carbonyl (C=O) groups is 2. The van der Waals surface area contributed by atoms with Gasteiger partial charge in [0, 0.05) is 5.56 Å². The minimum Gasteiger partial charge on any atom is -0.454 e. The second-order valence-corrected chi connectivity index (χ2v) is 6.62. The molecule has 0 aliphatic carbocycles. The Kier molecular flexibility index (Phi) is 6.12. The quantitative estimate of drug-likeness (QED) is 0.245. The molecule has 1 aliphatic rings. The van der Waals surface area contributed by atoms with Crippen LogP contribution in [0.1, 0.15) is 21.7 Å². The van der Waals surface area contributed by atoms with E-state index in [4.69, 9.17) is 13.9 Å². The van der Waals surface area contributed by atoms with Gasteiger partial charge in [0.1, 0.15) is 10.6 Å². The zero-order chi connectivity index (χ0) is 23.2. The largest absolute Gasteiger partial charge is 0.454 e. The average molecular weight is 448 g/mol. The van der Waals surface area contributed by atoms with Crippen molar-refractivity contribution < 1.29 is 28.4 Å². The molecule has 2 heterocycles. The van der Waals surface area contributed by atoms with Gasteiger partial charge in [0.25, 0.3) is 11.8 Å². The van der Waals surface area contributed by atoms with Crippen molar-refractivity contribution in [1.82, 2.24) is 10.7 Å². The molecule has 0 atom stereocenters. The fraction of sp³-hybridized carbons (Fsp3) is 0.0455. The normalized spacial score (nSPS) is 12.5. The van der Waals surface area contributed by atoms with Crippen LogP contribution in [0.5, 0.6) is 11.5 Å². The fourth-order valence-electron chi connectivity index (χ4n) is 2.84. The Morgan fingerprint density at radius 2 is 1.82 bits per heavy atom. The summed E-state index contributed by atoms with van der Waals surface area (Å²) in [5, 5.41) is 17.0. The van der Waals surface area contributed by atoms with E-state index in [1.807, 2.05) is 0 Å². The van der Waals surface area contributed by atoms with Gasteiger partial charge in [0.2, 0.25) is 6.79 Å². The van der Waals surface area contributed by atoms with Crippen molar-refractivity contribution >= 4 is 30.0 Å². The predicted octanol–water partition coefficient (Wildman–Crippen LogP) is 2.84. The van der Waals surface area contributed by atoms with Gasteiger partial charge in [-0.1, -0.05) is 24.3 Å². The summed E-state index contributed by atoms with van der Waals surface area (Å²) in [6.07, 6.45) is 2.55. The van der Waals surface area contributed by atoms with E-state index < -0.39 is 22.6 Å². The van der Waals surface area contributed by atoms with E-state index in [2.05, 4.69) is 15.8 Å². The molecular formula is C22H16N4O7. The number of hydrogen-bond acceptors (Lipinski definition) is 8. The molecule has 33 heavy (non-hydrogen) atoms. The number of amides is 2. The number of hydrogen-bond donors (Lipinski definition) is 2. The highest BCUT2D eigenvalue weighted by atomic mass is 16.7. The van der Waals surface area contributed by atoms with Gasteiger partial charge in [-0.2, -0.15) is 5.10 Å². The Morgan fingerprint density at radius 1 is 1.03 bits per heavy atom. The van der Waals surface area contributed by atoms with Crippen molar-refractivity contribution in [3.63, 3.8) is 0 Å². The highest BCUT2D eigenvalue weighted by Crippen LogP contribution is 2.33. The standard InChI is InChI=1S/C22H16N4O7/c27-21(15-4-2-1-3-5-15)24-17(10-14-6-8-18-19(11-14)32-13-31-18)22(28)25-23-12-16-7-9-20(33-16)26(29)30/h1-12H,13H2,(H,24,27)(H,25,28). The lowest BCUT2D eigenvalue weighted by Crippen LogP contribution is -2.32. The molecule has 1 aliphatic heterocycles. The number of benzene rings is 2. The summed E-state index contributed by atoms with van der Waals surface area (Å²) in [6.45, 7) is 0.0975. The Hall–Kier alpha value is -4.93. The predicted molar refractivity (Wildman–Crippen MR) is 116 cm³/mol. The van der Waals surface area contributed by atoms with Crippen LogP contribution in [0.3, 0.4) is 0 Å². The molecule has 0 saturated heterocycles. The molecular weight excluding hydrogens is 432 g/mol.